The minimum absolute atomic E-state index is 0.0323. The fourth-order valence-electron chi connectivity index (χ4n) is 2.02. The molecular formula is C15H18N2O. The van der Waals surface area contributed by atoms with Gasteiger partial charge in [-0.25, -0.2) is 4.98 Å². The lowest BCUT2D eigenvalue weighted by molar-refractivity contribution is 0.0989. The maximum atomic E-state index is 12.3. The average Bonchev–Trinajstić information content (AvgIpc) is 2.80. The van der Waals surface area contributed by atoms with Gasteiger partial charge in [0.1, 0.15) is 5.82 Å². The second-order valence-corrected chi connectivity index (χ2v) is 5.43. The summed E-state index contributed by atoms with van der Waals surface area (Å²) in [6.07, 6.45) is 3.72. The highest BCUT2D eigenvalue weighted by Gasteiger charge is 2.21. The van der Waals surface area contributed by atoms with Gasteiger partial charge < -0.3 is 4.98 Å². The third-order valence-corrected chi connectivity index (χ3v) is 2.92. The summed E-state index contributed by atoms with van der Waals surface area (Å²) in [6, 6.07) is 7.80. The Balaban J connectivity index is 2.31. The van der Waals surface area contributed by atoms with Gasteiger partial charge in [-0.15, -0.1) is 0 Å². The molecule has 0 amide bonds. The molecule has 94 valence electrons. The Kier molecular flexibility index (Phi) is 3.32. The van der Waals surface area contributed by atoms with Gasteiger partial charge in [0.05, 0.1) is 6.42 Å². The first kappa shape index (κ1) is 12.6. The van der Waals surface area contributed by atoms with E-state index in [1.54, 1.807) is 12.4 Å². The van der Waals surface area contributed by atoms with Crippen LogP contribution >= 0.6 is 0 Å². The molecule has 1 aromatic carbocycles. The molecule has 0 aliphatic heterocycles. The quantitative estimate of drug-likeness (QED) is 0.840. The number of carbonyl (C=O) groups is 1. The van der Waals surface area contributed by atoms with E-state index in [1.165, 1.54) is 0 Å². The Morgan fingerprint density at radius 1 is 1.28 bits per heavy atom. The molecule has 0 bridgehead atoms. The molecule has 0 radical (unpaired) electrons. The third-order valence-electron chi connectivity index (χ3n) is 2.92. The normalized spacial score (nSPS) is 11.5. The lowest BCUT2D eigenvalue weighted by atomic mass is 9.82. The van der Waals surface area contributed by atoms with E-state index in [0.717, 1.165) is 11.1 Å². The van der Waals surface area contributed by atoms with Crippen LogP contribution in [0.15, 0.2) is 36.7 Å². The SMILES string of the molecule is CC(C)(C)c1ccccc1C(=O)Cc1ncc[nH]1. The number of aromatic nitrogens is 2. The molecule has 0 aliphatic carbocycles. The zero-order valence-corrected chi connectivity index (χ0v) is 11.0. The van der Waals surface area contributed by atoms with Crippen LogP contribution in [-0.2, 0) is 11.8 Å². The Hall–Kier alpha value is -1.90. The van der Waals surface area contributed by atoms with Crippen LogP contribution in [0.4, 0.5) is 0 Å². The first-order chi connectivity index (χ1) is 8.48. The Morgan fingerprint density at radius 3 is 2.61 bits per heavy atom. The number of nitrogens with zero attached hydrogens (tertiary/aromatic N) is 1. The minimum Gasteiger partial charge on any atom is -0.348 e. The molecule has 18 heavy (non-hydrogen) atoms. The first-order valence-electron chi connectivity index (χ1n) is 6.09. The highest BCUT2D eigenvalue weighted by Crippen LogP contribution is 2.26. The highest BCUT2D eigenvalue weighted by molar-refractivity contribution is 5.98. The number of ketones is 1. The fourth-order valence-corrected chi connectivity index (χ4v) is 2.02. The molecule has 0 saturated heterocycles. The first-order valence-corrected chi connectivity index (χ1v) is 6.09. The molecule has 2 aromatic rings. The molecule has 2 rings (SSSR count). The number of H-pyrrole nitrogens is 1. The third kappa shape index (κ3) is 2.67. The van der Waals surface area contributed by atoms with Crippen LogP contribution in [0.5, 0.6) is 0 Å². The van der Waals surface area contributed by atoms with E-state index in [9.17, 15) is 4.79 Å². The predicted octanol–water partition coefficient (Wildman–Crippen LogP) is 3.13. The van der Waals surface area contributed by atoms with Crippen molar-refractivity contribution in [2.75, 3.05) is 0 Å². The minimum atomic E-state index is -0.0323. The van der Waals surface area contributed by atoms with Gasteiger partial charge in [0.15, 0.2) is 5.78 Å². The Bertz CT molecular complexity index is 536. The van der Waals surface area contributed by atoms with Crippen molar-refractivity contribution >= 4 is 5.78 Å². The molecule has 3 heteroatoms. The standard InChI is InChI=1S/C15H18N2O/c1-15(2,3)12-7-5-4-6-11(12)13(18)10-14-16-8-9-17-14/h4-9H,10H2,1-3H3,(H,16,17). The summed E-state index contributed by atoms with van der Waals surface area (Å²) in [6.45, 7) is 6.35. The monoisotopic (exact) mass is 242 g/mol. The Labute approximate surface area is 107 Å². The van der Waals surface area contributed by atoms with Crippen molar-refractivity contribution in [3.8, 4) is 0 Å². The molecule has 0 spiro atoms. The molecule has 0 fully saturated rings. The molecular weight excluding hydrogens is 224 g/mol. The number of aromatic amines is 1. The summed E-state index contributed by atoms with van der Waals surface area (Å²) >= 11 is 0. The van der Waals surface area contributed by atoms with E-state index < -0.39 is 0 Å². The molecule has 0 atom stereocenters. The molecule has 0 saturated carbocycles. The van der Waals surface area contributed by atoms with Gasteiger partial charge in [0.2, 0.25) is 0 Å². The van der Waals surface area contributed by atoms with Crippen LogP contribution in [0, 0.1) is 0 Å². The number of rotatable bonds is 3. The number of hydrogen-bond acceptors (Lipinski definition) is 2. The number of imidazole rings is 1. The van der Waals surface area contributed by atoms with Crippen molar-refractivity contribution in [3.63, 3.8) is 0 Å². The van der Waals surface area contributed by atoms with Crippen molar-refractivity contribution < 1.29 is 4.79 Å². The second kappa shape index (κ2) is 4.77. The van der Waals surface area contributed by atoms with E-state index in [-0.39, 0.29) is 11.2 Å². The largest absolute Gasteiger partial charge is 0.348 e. The number of nitrogens with one attached hydrogen (secondary N) is 1. The average molecular weight is 242 g/mol. The van der Waals surface area contributed by atoms with Crippen LogP contribution < -0.4 is 0 Å². The summed E-state index contributed by atoms with van der Waals surface area (Å²) in [5.74, 6) is 0.819. The van der Waals surface area contributed by atoms with E-state index in [0.29, 0.717) is 12.2 Å². The maximum absolute atomic E-state index is 12.3. The number of benzene rings is 1. The van der Waals surface area contributed by atoms with E-state index in [1.807, 2.05) is 24.3 Å². The predicted molar refractivity (Wildman–Crippen MR) is 71.8 cm³/mol. The smallest absolute Gasteiger partial charge is 0.170 e. The van der Waals surface area contributed by atoms with E-state index in [4.69, 9.17) is 0 Å². The van der Waals surface area contributed by atoms with Crippen LogP contribution in [0.1, 0.15) is 42.5 Å². The molecule has 0 unspecified atom stereocenters. The fraction of sp³-hybridized carbons (Fsp3) is 0.333. The molecule has 1 N–H and O–H groups in total. The topological polar surface area (TPSA) is 45.8 Å². The molecule has 1 heterocycles. The van der Waals surface area contributed by atoms with Gasteiger partial charge in [0.25, 0.3) is 0 Å². The van der Waals surface area contributed by atoms with Gasteiger partial charge in [-0.2, -0.15) is 0 Å². The van der Waals surface area contributed by atoms with E-state index >= 15 is 0 Å². The van der Waals surface area contributed by atoms with Crippen molar-refractivity contribution in [3.05, 3.63) is 53.6 Å². The molecule has 0 aliphatic rings. The lowest BCUT2D eigenvalue weighted by Gasteiger charge is -2.22. The van der Waals surface area contributed by atoms with Crippen LogP contribution in [0.2, 0.25) is 0 Å². The summed E-state index contributed by atoms with van der Waals surface area (Å²) in [4.78, 5) is 19.4. The van der Waals surface area contributed by atoms with Crippen LogP contribution in [0.3, 0.4) is 0 Å². The van der Waals surface area contributed by atoms with Gasteiger partial charge in [-0.05, 0) is 11.0 Å². The number of Topliss-reactive ketones (excluding diaryl/α,β-unsaturated/α-hetero) is 1. The highest BCUT2D eigenvalue weighted by atomic mass is 16.1. The lowest BCUT2D eigenvalue weighted by Crippen LogP contribution is -2.18. The van der Waals surface area contributed by atoms with Crippen molar-refractivity contribution in [1.82, 2.24) is 9.97 Å². The molecule has 1 aromatic heterocycles. The summed E-state index contributed by atoms with van der Waals surface area (Å²) in [5.41, 5.74) is 1.85. The van der Waals surface area contributed by atoms with Gasteiger partial charge >= 0.3 is 0 Å². The van der Waals surface area contributed by atoms with E-state index in [2.05, 4.69) is 30.7 Å². The van der Waals surface area contributed by atoms with Crippen molar-refractivity contribution in [2.24, 2.45) is 0 Å². The Morgan fingerprint density at radius 2 is 2.00 bits per heavy atom. The van der Waals surface area contributed by atoms with Gasteiger partial charge in [-0.1, -0.05) is 45.0 Å². The van der Waals surface area contributed by atoms with Gasteiger partial charge in [-0.3, -0.25) is 4.79 Å². The summed E-state index contributed by atoms with van der Waals surface area (Å²) < 4.78 is 0. The van der Waals surface area contributed by atoms with Crippen LogP contribution in [-0.4, -0.2) is 15.8 Å². The summed E-state index contributed by atoms with van der Waals surface area (Å²) in [7, 11) is 0. The summed E-state index contributed by atoms with van der Waals surface area (Å²) in [5, 5.41) is 0. The van der Waals surface area contributed by atoms with Crippen molar-refractivity contribution in [2.45, 2.75) is 32.6 Å². The van der Waals surface area contributed by atoms with Crippen molar-refractivity contribution in [1.29, 1.82) is 0 Å². The van der Waals surface area contributed by atoms with Crippen LogP contribution in [0.25, 0.3) is 0 Å². The number of hydrogen-bond donors (Lipinski definition) is 1. The van der Waals surface area contributed by atoms with Gasteiger partial charge in [0, 0.05) is 18.0 Å². The maximum Gasteiger partial charge on any atom is 0.170 e. The number of carbonyl (C=O) groups excluding carboxylic acids is 1. The zero-order valence-electron chi connectivity index (χ0n) is 11.0. The second-order valence-electron chi connectivity index (χ2n) is 5.43. The zero-order chi connectivity index (χ0) is 13.2. The molecule has 3 nitrogen and oxygen atoms in total.